The molecule has 1 unspecified atom stereocenters. The molecule has 3 heteroatoms. The molecular weight excluding hydrogens is 236 g/mol. The van der Waals surface area contributed by atoms with Crippen molar-refractivity contribution in [1.29, 1.82) is 0 Å². The molecule has 19 heavy (non-hydrogen) atoms. The molecule has 0 amide bonds. The molecular formula is C16H26N2O. The summed E-state index contributed by atoms with van der Waals surface area (Å²) in [6, 6.07) is 10.4. The van der Waals surface area contributed by atoms with E-state index in [0.29, 0.717) is 5.41 Å². The highest BCUT2D eigenvalue weighted by molar-refractivity contribution is 5.23. The van der Waals surface area contributed by atoms with Crippen molar-refractivity contribution in [3.8, 4) is 0 Å². The first-order chi connectivity index (χ1) is 9.03. The third-order valence-corrected chi connectivity index (χ3v) is 4.68. The highest BCUT2D eigenvalue weighted by atomic mass is 16.5. The van der Waals surface area contributed by atoms with Gasteiger partial charge in [-0.1, -0.05) is 44.2 Å². The average Bonchev–Trinajstić information content (AvgIpc) is 2.43. The van der Waals surface area contributed by atoms with E-state index in [4.69, 9.17) is 10.6 Å². The SMILES string of the molecule is COC1(C(NN)c2ccccc2)CCC(C)(C)CC1. The van der Waals surface area contributed by atoms with E-state index in [-0.39, 0.29) is 11.6 Å². The van der Waals surface area contributed by atoms with Gasteiger partial charge in [-0.05, 0) is 36.7 Å². The second-order valence-electron chi connectivity index (χ2n) is 6.44. The van der Waals surface area contributed by atoms with Crippen LogP contribution in [0.1, 0.15) is 51.1 Å². The number of hydrogen-bond donors (Lipinski definition) is 2. The smallest absolute Gasteiger partial charge is 0.0885 e. The van der Waals surface area contributed by atoms with E-state index < -0.39 is 0 Å². The van der Waals surface area contributed by atoms with Gasteiger partial charge >= 0.3 is 0 Å². The van der Waals surface area contributed by atoms with E-state index in [1.807, 2.05) is 13.2 Å². The van der Waals surface area contributed by atoms with Crippen molar-refractivity contribution in [3.63, 3.8) is 0 Å². The number of methoxy groups -OCH3 is 1. The molecule has 0 saturated heterocycles. The summed E-state index contributed by atoms with van der Waals surface area (Å²) < 4.78 is 5.94. The van der Waals surface area contributed by atoms with Gasteiger partial charge in [0.15, 0.2) is 0 Å². The molecule has 1 atom stereocenters. The molecule has 1 aromatic carbocycles. The number of ether oxygens (including phenoxy) is 1. The lowest BCUT2D eigenvalue weighted by Crippen LogP contribution is -2.51. The van der Waals surface area contributed by atoms with E-state index in [2.05, 4.69) is 43.5 Å². The summed E-state index contributed by atoms with van der Waals surface area (Å²) in [4.78, 5) is 0. The zero-order chi connectivity index (χ0) is 13.9. The Hall–Kier alpha value is -0.900. The Kier molecular flexibility index (Phi) is 4.29. The normalized spacial score (nSPS) is 22.9. The van der Waals surface area contributed by atoms with Gasteiger partial charge in [-0.3, -0.25) is 11.3 Å². The third kappa shape index (κ3) is 2.99. The van der Waals surface area contributed by atoms with Crippen molar-refractivity contribution in [3.05, 3.63) is 35.9 Å². The lowest BCUT2D eigenvalue weighted by Gasteiger charge is -2.47. The monoisotopic (exact) mass is 262 g/mol. The molecule has 0 aliphatic heterocycles. The lowest BCUT2D eigenvalue weighted by atomic mass is 9.67. The van der Waals surface area contributed by atoms with Crippen molar-refractivity contribution >= 4 is 0 Å². The van der Waals surface area contributed by atoms with Gasteiger partial charge in [0.05, 0.1) is 11.6 Å². The van der Waals surface area contributed by atoms with Gasteiger partial charge in [-0.2, -0.15) is 0 Å². The molecule has 3 N–H and O–H groups in total. The van der Waals surface area contributed by atoms with Crippen molar-refractivity contribution in [2.45, 2.75) is 51.2 Å². The predicted octanol–water partition coefficient (Wildman–Crippen LogP) is 3.18. The maximum absolute atomic E-state index is 5.94. The van der Waals surface area contributed by atoms with E-state index in [0.717, 1.165) is 12.8 Å². The first kappa shape index (κ1) is 14.5. The number of nitrogens with two attached hydrogens (primary N) is 1. The van der Waals surface area contributed by atoms with Crippen LogP contribution in [-0.4, -0.2) is 12.7 Å². The largest absolute Gasteiger partial charge is 0.376 e. The summed E-state index contributed by atoms with van der Waals surface area (Å²) in [7, 11) is 1.81. The maximum atomic E-state index is 5.94. The zero-order valence-corrected chi connectivity index (χ0v) is 12.3. The number of hydrazine groups is 1. The molecule has 1 fully saturated rings. The molecule has 0 bridgehead atoms. The summed E-state index contributed by atoms with van der Waals surface area (Å²) in [6.45, 7) is 4.67. The fourth-order valence-corrected chi connectivity index (χ4v) is 3.16. The van der Waals surface area contributed by atoms with Gasteiger partial charge in [0.2, 0.25) is 0 Å². The quantitative estimate of drug-likeness (QED) is 0.647. The summed E-state index contributed by atoms with van der Waals surface area (Å²) in [5.41, 5.74) is 4.41. The van der Waals surface area contributed by atoms with Crippen LogP contribution in [0.2, 0.25) is 0 Å². The highest BCUT2D eigenvalue weighted by Crippen LogP contribution is 2.47. The topological polar surface area (TPSA) is 47.3 Å². The fourth-order valence-electron chi connectivity index (χ4n) is 3.16. The Bertz CT molecular complexity index is 392. The van der Waals surface area contributed by atoms with Crippen LogP contribution in [0.15, 0.2) is 30.3 Å². The predicted molar refractivity (Wildman–Crippen MR) is 78.5 cm³/mol. The van der Waals surface area contributed by atoms with Crippen LogP contribution < -0.4 is 11.3 Å². The molecule has 1 saturated carbocycles. The Morgan fingerprint density at radius 3 is 2.16 bits per heavy atom. The van der Waals surface area contributed by atoms with Gasteiger partial charge in [-0.15, -0.1) is 0 Å². The first-order valence-electron chi connectivity index (χ1n) is 7.09. The van der Waals surface area contributed by atoms with Gasteiger partial charge < -0.3 is 4.74 Å². The Morgan fingerprint density at radius 2 is 1.68 bits per heavy atom. The van der Waals surface area contributed by atoms with E-state index in [9.17, 15) is 0 Å². The zero-order valence-electron chi connectivity index (χ0n) is 12.3. The standard InChI is InChI=1S/C16H26N2O/c1-15(2)9-11-16(19-3,12-10-15)14(18-17)13-7-5-4-6-8-13/h4-8,14,18H,9-12,17H2,1-3H3. The van der Waals surface area contributed by atoms with Gasteiger partial charge in [0.1, 0.15) is 0 Å². The molecule has 1 aliphatic carbocycles. The minimum absolute atomic E-state index is 0.0507. The maximum Gasteiger partial charge on any atom is 0.0885 e. The summed E-state index contributed by atoms with van der Waals surface area (Å²) in [6.07, 6.45) is 4.43. The van der Waals surface area contributed by atoms with E-state index in [1.165, 1.54) is 18.4 Å². The molecule has 0 radical (unpaired) electrons. The van der Waals surface area contributed by atoms with Gasteiger partial charge in [0, 0.05) is 7.11 Å². The van der Waals surface area contributed by atoms with Crippen molar-refractivity contribution in [2.24, 2.45) is 11.3 Å². The second kappa shape index (κ2) is 5.61. The molecule has 1 aliphatic rings. The number of rotatable bonds is 4. The van der Waals surface area contributed by atoms with Crippen LogP contribution in [0.4, 0.5) is 0 Å². The highest BCUT2D eigenvalue weighted by Gasteiger charge is 2.44. The Morgan fingerprint density at radius 1 is 1.11 bits per heavy atom. The van der Waals surface area contributed by atoms with Crippen LogP contribution >= 0.6 is 0 Å². The van der Waals surface area contributed by atoms with Gasteiger partial charge in [0.25, 0.3) is 0 Å². The molecule has 106 valence electrons. The number of benzene rings is 1. The Labute approximate surface area is 116 Å². The second-order valence-corrected chi connectivity index (χ2v) is 6.44. The lowest BCUT2D eigenvalue weighted by molar-refractivity contribution is -0.0877. The van der Waals surface area contributed by atoms with Gasteiger partial charge in [-0.25, -0.2) is 0 Å². The summed E-state index contributed by atoms with van der Waals surface area (Å²) >= 11 is 0. The molecule has 0 heterocycles. The number of hydrogen-bond acceptors (Lipinski definition) is 3. The van der Waals surface area contributed by atoms with E-state index in [1.54, 1.807) is 0 Å². The van der Waals surface area contributed by atoms with Crippen LogP contribution in [0.25, 0.3) is 0 Å². The van der Waals surface area contributed by atoms with Crippen LogP contribution in [-0.2, 0) is 4.74 Å². The molecule has 0 spiro atoms. The third-order valence-electron chi connectivity index (χ3n) is 4.68. The van der Waals surface area contributed by atoms with Crippen molar-refractivity contribution < 1.29 is 4.74 Å². The average molecular weight is 262 g/mol. The van der Waals surface area contributed by atoms with E-state index >= 15 is 0 Å². The van der Waals surface area contributed by atoms with Crippen molar-refractivity contribution in [1.82, 2.24) is 5.43 Å². The first-order valence-corrected chi connectivity index (χ1v) is 7.09. The van der Waals surface area contributed by atoms with Crippen LogP contribution in [0, 0.1) is 5.41 Å². The summed E-state index contributed by atoms with van der Waals surface area (Å²) in [5.74, 6) is 5.83. The van der Waals surface area contributed by atoms with Crippen LogP contribution in [0.5, 0.6) is 0 Å². The van der Waals surface area contributed by atoms with Crippen LogP contribution in [0.3, 0.4) is 0 Å². The summed E-state index contributed by atoms with van der Waals surface area (Å²) in [5, 5.41) is 0. The molecule has 3 nitrogen and oxygen atoms in total. The molecule has 1 aromatic rings. The fraction of sp³-hybridized carbons (Fsp3) is 0.625. The minimum atomic E-state index is -0.189. The number of nitrogens with one attached hydrogen (secondary N) is 1. The minimum Gasteiger partial charge on any atom is -0.376 e. The Balaban J connectivity index is 2.25. The molecule has 0 aromatic heterocycles. The van der Waals surface area contributed by atoms with Crippen molar-refractivity contribution in [2.75, 3.05) is 7.11 Å². The molecule has 2 rings (SSSR count).